The summed E-state index contributed by atoms with van der Waals surface area (Å²) < 4.78 is 26.5. The summed E-state index contributed by atoms with van der Waals surface area (Å²) in [4.78, 5) is 0. The lowest BCUT2D eigenvalue weighted by molar-refractivity contribution is 0.664. The Morgan fingerprint density at radius 2 is 0.492 bits per heavy atom. The maximum Gasteiger partial charge on any atom is 0.179 e. The van der Waals surface area contributed by atoms with Crippen molar-refractivity contribution in [2.45, 2.75) is 0 Å². The third-order valence-corrected chi connectivity index (χ3v) is 18.4. The van der Waals surface area contributed by atoms with Gasteiger partial charge < -0.3 is 17.7 Å². The van der Waals surface area contributed by atoms with Crippen LogP contribution in [0.5, 0.6) is 0 Å². The van der Waals surface area contributed by atoms with Gasteiger partial charge >= 0.3 is 0 Å². The van der Waals surface area contributed by atoms with Crippen LogP contribution in [0.1, 0.15) is 0 Å². The van der Waals surface area contributed by atoms with Crippen LogP contribution in [0.2, 0.25) is 0 Å². The summed E-state index contributed by atoms with van der Waals surface area (Å²) in [5, 5.41) is 13.5. The van der Waals surface area contributed by atoms with Gasteiger partial charge in [-0.05, 0) is 104 Å². The van der Waals surface area contributed by atoms with Gasteiger partial charge in [-0.2, -0.15) is 0 Å². The first-order valence-corrected chi connectivity index (χ1v) is 24.0. The molecule has 0 saturated carbocycles. The predicted molar refractivity (Wildman–Crippen MR) is 270 cm³/mol. The summed E-state index contributed by atoms with van der Waals surface area (Å²) >= 11 is 0. The monoisotopic (exact) mass is 848 g/mol. The van der Waals surface area contributed by atoms with E-state index in [1.54, 1.807) is 0 Å². The van der Waals surface area contributed by atoms with Crippen molar-refractivity contribution >= 4 is 117 Å². The topological polar surface area (TPSA) is 52.6 Å². The van der Waals surface area contributed by atoms with E-state index in [1.165, 1.54) is 31.9 Å². The Hall–Kier alpha value is -8.38. The fourth-order valence-corrected chi connectivity index (χ4v) is 15.3. The molecule has 0 spiro atoms. The Labute approximate surface area is 373 Å². The van der Waals surface area contributed by atoms with Gasteiger partial charge in [-0.1, -0.05) is 158 Å². The molecule has 0 N–H and O–H groups in total. The number of rotatable bonds is 6. The first kappa shape index (κ1) is 36.1. The van der Waals surface area contributed by atoms with E-state index in [1.807, 2.05) is 12.1 Å². The minimum atomic E-state index is -3.02. The number of furan rings is 4. The molecule has 0 atom stereocenters. The van der Waals surface area contributed by atoms with Gasteiger partial charge in [-0.3, -0.25) is 0 Å². The van der Waals surface area contributed by atoms with Crippen molar-refractivity contribution in [2.75, 3.05) is 0 Å². The zero-order chi connectivity index (χ0) is 42.6. The average Bonchev–Trinajstić information content (AvgIpc) is 4.13. The standard InChI is InChI=1S/C60H36O4Si/c1-5-13-37(14-6-1)39-21-25-53-45(29-39)49-33-59-51(35-57(49)61-53)47-31-43(23-27-55(47)63-59)65(41-17-9-3-10-18-41,42-19-11-4-12-20-42)44-24-28-56-48(32-44)52-36-58-50(34-60(52)64-56)46-30-40(22-26-54(46)62-58)38-15-7-2-8-16-38/h1-36H. The molecule has 0 aliphatic rings. The van der Waals surface area contributed by atoms with E-state index in [0.29, 0.717) is 0 Å². The first-order valence-electron chi connectivity index (χ1n) is 22.0. The second kappa shape index (κ2) is 13.8. The van der Waals surface area contributed by atoms with Crippen molar-refractivity contribution in [3.05, 3.63) is 218 Å². The van der Waals surface area contributed by atoms with E-state index in [2.05, 4.69) is 206 Å². The molecule has 65 heavy (non-hydrogen) atoms. The summed E-state index contributed by atoms with van der Waals surface area (Å²) in [5.41, 5.74) is 11.4. The molecule has 0 amide bonds. The highest BCUT2D eigenvalue weighted by Gasteiger charge is 2.42. The molecule has 4 heterocycles. The average molecular weight is 849 g/mol. The van der Waals surface area contributed by atoms with Gasteiger partial charge in [-0.25, -0.2) is 0 Å². The van der Waals surface area contributed by atoms with Gasteiger partial charge in [0.05, 0.1) is 0 Å². The molecule has 0 bridgehead atoms. The van der Waals surface area contributed by atoms with Crippen LogP contribution < -0.4 is 20.7 Å². The van der Waals surface area contributed by atoms with Crippen molar-refractivity contribution in [3.8, 4) is 22.3 Å². The maximum absolute atomic E-state index is 6.71. The largest absolute Gasteiger partial charge is 0.456 e. The number of hydrogen-bond donors (Lipinski definition) is 0. The molecule has 4 nitrogen and oxygen atoms in total. The molecule has 0 fully saturated rings. The molecule has 0 aliphatic carbocycles. The van der Waals surface area contributed by atoms with Crippen LogP contribution in [-0.2, 0) is 0 Å². The first-order chi connectivity index (χ1) is 32.2. The quantitative estimate of drug-likeness (QED) is 0.124. The molecule has 4 aromatic heterocycles. The molecular weight excluding hydrogens is 813 g/mol. The van der Waals surface area contributed by atoms with Crippen molar-refractivity contribution in [2.24, 2.45) is 0 Å². The SMILES string of the molecule is c1ccc(-c2ccc3oc4cc5c(cc4c3c2)oc2ccc([Si](c3ccccc3)(c3ccccc3)c3ccc4oc6cc7c(cc6c4c3)oc3ccc(-c4ccccc4)cc37)cc25)cc1. The molecule has 0 radical (unpaired) electrons. The summed E-state index contributed by atoms with van der Waals surface area (Å²) in [6.07, 6.45) is 0. The van der Waals surface area contributed by atoms with Gasteiger partial charge in [0.1, 0.15) is 44.7 Å². The van der Waals surface area contributed by atoms with Crippen molar-refractivity contribution in [3.63, 3.8) is 0 Å². The number of fused-ring (bicyclic) bond motifs is 12. The second-order valence-electron chi connectivity index (χ2n) is 17.2. The molecule has 0 saturated heterocycles. The molecule has 304 valence electrons. The van der Waals surface area contributed by atoms with Crippen LogP contribution >= 0.6 is 0 Å². The maximum atomic E-state index is 6.71. The smallest absolute Gasteiger partial charge is 0.179 e. The van der Waals surface area contributed by atoms with Gasteiger partial charge in [0.25, 0.3) is 0 Å². The van der Waals surface area contributed by atoms with Crippen LogP contribution in [0.15, 0.2) is 236 Å². The molecule has 14 aromatic rings. The predicted octanol–water partition coefficient (Wildman–Crippen LogP) is 14.0. The Bertz CT molecular complexity index is 3890. The summed E-state index contributed by atoms with van der Waals surface area (Å²) in [6, 6.07) is 78.3. The number of hydrogen-bond acceptors (Lipinski definition) is 4. The van der Waals surface area contributed by atoms with Gasteiger partial charge in [0, 0.05) is 43.1 Å². The molecule has 10 aromatic carbocycles. The van der Waals surface area contributed by atoms with Crippen molar-refractivity contribution in [1.29, 1.82) is 0 Å². The van der Waals surface area contributed by atoms with E-state index < -0.39 is 8.07 Å². The fraction of sp³-hybridized carbons (Fsp3) is 0. The molecule has 5 heteroatoms. The fourth-order valence-electron chi connectivity index (χ4n) is 10.6. The van der Waals surface area contributed by atoms with Crippen molar-refractivity contribution in [1.82, 2.24) is 0 Å². The highest BCUT2D eigenvalue weighted by Crippen LogP contribution is 2.40. The van der Waals surface area contributed by atoms with Crippen LogP contribution in [0.4, 0.5) is 0 Å². The Kier molecular flexibility index (Phi) is 7.68. The molecule has 14 rings (SSSR count). The zero-order valence-corrected chi connectivity index (χ0v) is 35.9. The normalized spacial score (nSPS) is 12.3. The van der Waals surface area contributed by atoms with E-state index in [9.17, 15) is 0 Å². The lowest BCUT2D eigenvalue weighted by atomic mass is 10.0. The minimum Gasteiger partial charge on any atom is -0.456 e. The van der Waals surface area contributed by atoms with Crippen molar-refractivity contribution < 1.29 is 17.7 Å². The second-order valence-corrected chi connectivity index (χ2v) is 21.0. The molecule has 0 aliphatic heterocycles. The lowest BCUT2D eigenvalue weighted by Crippen LogP contribution is -2.74. The van der Waals surface area contributed by atoms with Gasteiger partial charge in [0.2, 0.25) is 0 Å². The highest BCUT2D eigenvalue weighted by atomic mass is 28.3. The van der Waals surface area contributed by atoms with E-state index in [0.717, 1.165) is 98.9 Å². The van der Waals surface area contributed by atoms with Crippen LogP contribution in [-0.4, -0.2) is 8.07 Å². The highest BCUT2D eigenvalue weighted by molar-refractivity contribution is 7.20. The van der Waals surface area contributed by atoms with Gasteiger partial charge in [-0.15, -0.1) is 0 Å². The minimum absolute atomic E-state index is 0.837. The van der Waals surface area contributed by atoms with Crippen LogP contribution in [0.25, 0.3) is 110 Å². The number of benzene rings is 10. The Balaban J connectivity index is 0.976. The van der Waals surface area contributed by atoms with E-state index in [4.69, 9.17) is 17.7 Å². The zero-order valence-electron chi connectivity index (χ0n) is 34.9. The summed E-state index contributed by atoms with van der Waals surface area (Å²) in [7, 11) is -3.02. The molecular formula is C60H36O4Si. The summed E-state index contributed by atoms with van der Waals surface area (Å²) in [5.74, 6) is 0. The van der Waals surface area contributed by atoms with Crippen LogP contribution in [0, 0.1) is 0 Å². The van der Waals surface area contributed by atoms with E-state index >= 15 is 0 Å². The molecule has 0 unspecified atom stereocenters. The third-order valence-electron chi connectivity index (χ3n) is 13.6. The third kappa shape index (κ3) is 5.43. The van der Waals surface area contributed by atoms with E-state index in [-0.39, 0.29) is 0 Å². The summed E-state index contributed by atoms with van der Waals surface area (Å²) in [6.45, 7) is 0. The lowest BCUT2D eigenvalue weighted by Gasteiger charge is -2.34. The van der Waals surface area contributed by atoms with Gasteiger partial charge in [0.15, 0.2) is 8.07 Å². The van der Waals surface area contributed by atoms with Crippen LogP contribution in [0.3, 0.4) is 0 Å². The Morgan fingerprint density at radius 1 is 0.200 bits per heavy atom. The Morgan fingerprint density at radius 3 is 0.846 bits per heavy atom.